The fraction of sp³-hybridized carbons (Fsp3) is 0.440. The molecular weight excluding hydrogens is 370 g/mol. The van der Waals surface area contributed by atoms with Gasteiger partial charge in [0.05, 0.1) is 22.8 Å². The van der Waals surface area contributed by atoms with Crippen LogP contribution in [0.4, 0.5) is 0 Å². The van der Waals surface area contributed by atoms with Gasteiger partial charge in [-0.15, -0.1) is 0 Å². The van der Waals surface area contributed by atoms with Crippen LogP contribution in [0.2, 0.25) is 0 Å². The van der Waals surface area contributed by atoms with Gasteiger partial charge in [0.15, 0.2) is 0 Å². The van der Waals surface area contributed by atoms with Crippen molar-refractivity contribution in [1.82, 2.24) is 5.32 Å². The normalized spacial score (nSPS) is 14.3. The molecule has 0 radical (unpaired) electrons. The van der Waals surface area contributed by atoms with Gasteiger partial charge in [-0.3, -0.25) is 0 Å². The van der Waals surface area contributed by atoms with Crippen molar-refractivity contribution in [3.05, 3.63) is 83.7 Å². The number of nitrogens with one attached hydrogen (secondary N) is 1. The summed E-state index contributed by atoms with van der Waals surface area (Å²) in [6.07, 6.45) is 16.1. The van der Waals surface area contributed by atoms with Crippen molar-refractivity contribution in [2.45, 2.75) is 67.2 Å². The second kappa shape index (κ2) is 17.1. The molecule has 0 aromatic heterocycles. The fourth-order valence-electron chi connectivity index (χ4n) is 2.02. The molecule has 0 bridgehead atoms. The molecule has 0 heterocycles. The third kappa shape index (κ3) is 16.2. The fourth-order valence-corrected chi connectivity index (χ4v) is 2.02. The van der Waals surface area contributed by atoms with Crippen LogP contribution in [0, 0.1) is 0 Å². The first kappa shape index (κ1) is 27.2. The minimum atomic E-state index is 0.561. The summed E-state index contributed by atoms with van der Waals surface area (Å²) in [6.45, 7) is 20.8. The number of hydrogen-bond acceptors (Lipinski definition) is 5. The number of nitrogens with zero attached hydrogens (tertiary/aromatic N) is 4. The first-order chi connectivity index (χ1) is 14.3. The zero-order valence-corrected chi connectivity index (χ0v) is 19.7. The van der Waals surface area contributed by atoms with E-state index < -0.39 is 0 Å². The van der Waals surface area contributed by atoms with Crippen LogP contribution in [-0.4, -0.2) is 6.54 Å². The zero-order valence-electron chi connectivity index (χ0n) is 19.7. The summed E-state index contributed by atoms with van der Waals surface area (Å²) in [4.78, 5) is 0. The van der Waals surface area contributed by atoms with E-state index in [1.54, 1.807) is 6.08 Å². The minimum absolute atomic E-state index is 0.561. The highest BCUT2D eigenvalue weighted by atomic mass is 15.1. The molecule has 0 fully saturated rings. The summed E-state index contributed by atoms with van der Waals surface area (Å²) in [5.41, 5.74) is 5.17. The van der Waals surface area contributed by atoms with E-state index in [-0.39, 0.29) is 0 Å². The highest BCUT2D eigenvalue weighted by Crippen LogP contribution is 2.09. The second-order valence-electron chi connectivity index (χ2n) is 7.22. The lowest BCUT2D eigenvalue weighted by Gasteiger charge is -2.02. The summed E-state index contributed by atoms with van der Waals surface area (Å²) < 4.78 is 0. The molecule has 0 atom stereocenters. The Bertz CT molecular complexity index is 758. The van der Waals surface area contributed by atoms with Crippen LogP contribution < -0.4 is 5.32 Å². The van der Waals surface area contributed by atoms with Crippen molar-refractivity contribution in [3.63, 3.8) is 0 Å². The molecule has 0 unspecified atom stereocenters. The van der Waals surface area contributed by atoms with E-state index in [1.165, 1.54) is 18.4 Å². The van der Waals surface area contributed by atoms with Gasteiger partial charge >= 0.3 is 0 Å². The van der Waals surface area contributed by atoms with Gasteiger partial charge in [0, 0.05) is 12.2 Å². The van der Waals surface area contributed by atoms with Gasteiger partial charge in [-0.05, 0) is 77.3 Å². The molecule has 5 heteroatoms. The maximum atomic E-state index is 4.24. The number of allylic oxidation sites excluding steroid dienone is 10. The molecule has 0 aromatic rings. The van der Waals surface area contributed by atoms with E-state index in [9.17, 15) is 0 Å². The average molecular weight is 410 g/mol. The Labute approximate surface area is 183 Å². The van der Waals surface area contributed by atoms with Gasteiger partial charge in [0.2, 0.25) is 0 Å². The van der Waals surface area contributed by atoms with Crippen molar-refractivity contribution >= 4 is 0 Å². The lowest BCUT2D eigenvalue weighted by atomic mass is 10.1. The third-order valence-electron chi connectivity index (χ3n) is 3.88. The quantitative estimate of drug-likeness (QED) is 0.227. The standard InChI is InChI=1S/C25H39N5/c1-9-11-12-20(3)13-14-22(5)27-29-24(7)17-18-25(8)30-28-23(6)16-15-21(4)26-19-10-2/h13-18,26H,4,6,9-12,19H2,1-3,5,7-8H3/b16-15-,20-13+,22-14+,24-17+,25-18+,29-27+,30-28?. The Morgan fingerprint density at radius 1 is 0.733 bits per heavy atom. The maximum Gasteiger partial charge on any atom is 0.0786 e. The highest BCUT2D eigenvalue weighted by Gasteiger charge is 1.90. The summed E-state index contributed by atoms with van der Waals surface area (Å²) >= 11 is 0. The predicted octanol–water partition coefficient (Wildman–Crippen LogP) is 8.32. The Kier molecular flexibility index (Phi) is 15.5. The van der Waals surface area contributed by atoms with Crippen LogP contribution >= 0.6 is 0 Å². The topological polar surface area (TPSA) is 61.5 Å². The summed E-state index contributed by atoms with van der Waals surface area (Å²) in [5.74, 6) is 0. The van der Waals surface area contributed by atoms with Gasteiger partial charge in [-0.2, -0.15) is 20.5 Å². The van der Waals surface area contributed by atoms with Crippen molar-refractivity contribution in [2.24, 2.45) is 20.5 Å². The van der Waals surface area contributed by atoms with Crippen LogP contribution in [0.25, 0.3) is 0 Å². The van der Waals surface area contributed by atoms with Crippen LogP contribution in [0.5, 0.6) is 0 Å². The second-order valence-corrected chi connectivity index (χ2v) is 7.22. The molecule has 0 aliphatic rings. The lowest BCUT2D eigenvalue weighted by Crippen LogP contribution is -2.11. The Morgan fingerprint density at radius 3 is 1.80 bits per heavy atom. The average Bonchev–Trinajstić information content (AvgIpc) is 2.73. The van der Waals surface area contributed by atoms with Gasteiger partial charge in [-0.1, -0.05) is 45.1 Å². The molecule has 0 spiro atoms. The Hall–Kier alpha value is -2.82. The van der Waals surface area contributed by atoms with E-state index in [0.29, 0.717) is 5.70 Å². The Balaban J connectivity index is 4.71. The minimum Gasteiger partial charge on any atom is -0.386 e. The number of azo groups is 2. The van der Waals surface area contributed by atoms with Gasteiger partial charge in [0.25, 0.3) is 0 Å². The van der Waals surface area contributed by atoms with Crippen LogP contribution in [-0.2, 0) is 0 Å². The maximum absolute atomic E-state index is 4.24. The molecule has 30 heavy (non-hydrogen) atoms. The van der Waals surface area contributed by atoms with Crippen LogP contribution in [0.15, 0.2) is 104 Å². The van der Waals surface area contributed by atoms with Crippen molar-refractivity contribution < 1.29 is 0 Å². The van der Waals surface area contributed by atoms with E-state index in [1.807, 2.05) is 45.1 Å². The van der Waals surface area contributed by atoms with E-state index in [4.69, 9.17) is 0 Å². The molecule has 164 valence electrons. The first-order valence-electron chi connectivity index (χ1n) is 10.6. The first-order valence-corrected chi connectivity index (χ1v) is 10.6. The molecular formula is C25H39N5. The van der Waals surface area contributed by atoms with Crippen molar-refractivity contribution in [3.8, 4) is 0 Å². The number of hydrogen-bond donors (Lipinski definition) is 1. The van der Waals surface area contributed by atoms with Crippen LogP contribution in [0.3, 0.4) is 0 Å². The molecule has 5 nitrogen and oxygen atoms in total. The molecule has 0 amide bonds. The summed E-state index contributed by atoms with van der Waals surface area (Å²) in [7, 11) is 0. The van der Waals surface area contributed by atoms with Gasteiger partial charge in [-0.25, -0.2) is 0 Å². The molecule has 0 rings (SSSR count). The highest BCUT2D eigenvalue weighted by molar-refractivity contribution is 5.22. The molecule has 1 N–H and O–H groups in total. The number of rotatable bonds is 14. The van der Waals surface area contributed by atoms with Gasteiger partial charge < -0.3 is 5.32 Å². The molecule has 0 aromatic carbocycles. The third-order valence-corrected chi connectivity index (χ3v) is 3.88. The van der Waals surface area contributed by atoms with E-state index >= 15 is 0 Å². The largest absolute Gasteiger partial charge is 0.386 e. The van der Waals surface area contributed by atoms with Gasteiger partial charge in [0.1, 0.15) is 0 Å². The Morgan fingerprint density at radius 2 is 1.27 bits per heavy atom. The van der Waals surface area contributed by atoms with E-state index in [0.717, 1.165) is 42.2 Å². The van der Waals surface area contributed by atoms with Crippen molar-refractivity contribution in [2.75, 3.05) is 6.54 Å². The van der Waals surface area contributed by atoms with E-state index in [2.05, 4.69) is 65.8 Å². The van der Waals surface area contributed by atoms with Crippen molar-refractivity contribution in [1.29, 1.82) is 0 Å². The molecule has 0 saturated carbocycles. The van der Waals surface area contributed by atoms with Crippen LogP contribution in [0.1, 0.15) is 67.2 Å². The monoisotopic (exact) mass is 409 g/mol. The molecule has 0 aliphatic carbocycles. The SMILES string of the molecule is C=C(/C=C\C(=C)NCCC)N=N/C(C)=C/C=C(C)/N=N/C(C)=C/C=C(\C)CCCC. The molecule has 0 aliphatic heterocycles. The summed E-state index contributed by atoms with van der Waals surface area (Å²) in [6, 6.07) is 0. The molecule has 0 saturated heterocycles. The zero-order chi connectivity index (χ0) is 22.8. The lowest BCUT2D eigenvalue weighted by molar-refractivity contribution is 0.787. The smallest absolute Gasteiger partial charge is 0.0786 e. The predicted molar refractivity (Wildman–Crippen MR) is 130 cm³/mol. The number of unbranched alkanes of at least 4 members (excludes halogenated alkanes) is 1. The summed E-state index contributed by atoms with van der Waals surface area (Å²) in [5, 5.41) is 19.9.